The van der Waals surface area contributed by atoms with E-state index in [0.717, 1.165) is 17.9 Å². The zero-order chi connectivity index (χ0) is 15.2. The number of amides is 1. The number of nitrogens with one attached hydrogen (secondary N) is 1. The number of carbonyl (C=O) groups is 1. The summed E-state index contributed by atoms with van der Waals surface area (Å²) in [6, 6.07) is 7.38. The molecule has 1 aliphatic heterocycles. The van der Waals surface area contributed by atoms with E-state index in [9.17, 15) is 4.79 Å². The first-order valence-corrected chi connectivity index (χ1v) is 7.25. The van der Waals surface area contributed by atoms with E-state index in [2.05, 4.69) is 12.2 Å². The van der Waals surface area contributed by atoms with Gasteiger partial charge in [-0.1, -0.05) is 6.92 Å². The highest BCUT2D eigenvalue weighted by molar-refractivity contribution is 7.80. The van der Waals surface area contributed by atoms with Gasteiger partial charge in [-0.15, -0.1) is 0 Å². The van der Waals surface area contributed by atoms with E-state index >= 15 is 0 Å². The Morgan fingerprint density at radius 2 is 2.24 bits per heavy atom. The van der Waals surface area contributed by atoms with E-state index in [1.165, 1.54) is 0 Å². The Bertz CT molecular complexity index is 507. The van der Waals surface area contributed by atoms with Gasteiger partial charge < -0.3 is 20.5 Å². The summed E-state index contributed by atoms with van der Waals surface area (Å²) in [5.41, 5.74) is 6.14. The number of ether oxygens (including phenoxy) is 2. The smallest absolute Gasteiger partial charge is 0.414 e. The molecule has 1 saturated heterocycles. The lowest BCUT2D eigenvalue weighted by Gasteiger charge is -2.14. The fourth-order valence-corrected chi connectivity index (χ4v) is 2.08. The number of carbonyl (C=O) groups excluding carboxylic acids is 1. The number of cyclic esters (lactones) is 1. The van der Waals surface area contributed by atoms with E-state index < -0.39 is 0 Å². The molecule has 7 heteroatoms. The maximum absolute atomic E-state index is 11.9. The number of anilines is 1. The molecule has 0 aliphatic carbocycles. The molecule has 0 bridgehead atoms. The minimum absolute atomic E-state index is 0.196. The number of thiocarbonyl (C=S) groups is 1. The Labute approximate surface area is 129 Å². The van der Waals surface area contributed by atoms with Gasteiger partial charge in [0.1, 0.15) is 11.9 Å². The van der Waals surface area contributed by atoms with Gasteiger partial charge in [0.2, 0.25) is 0 Å². The molecule has 2 rings (SSSR count). The molecule has 1 atom stereocenters. The largest absolute Gasteiger partial charge is 0.494 e. The molecule has 21 heavy (non-hydrogen) atoms. The minimum Gasteiger partial charge on any atom is -0.494 e. The highest BCUT2D eigenvalue weighted by Gasteiger charge is 2.32. The van der Waals surface area contributed by atoms with Crippen LogP contribution in [0.5, 0.6) is 5.75 Å². The van der Waals surface area contributed by atoms with E-state index in [-0.39, 0.29) is 17.3 Å². The van der Waals surface area contributed by atoms with Crippen molar-refractivity contribution in [1.82, 2.24) is 5.32 Å². The zero-order valence-corrected chi connectivity index (χ0v) is 12.7. The van der Waals surface area contributed by atoms with Crippen molar-refractivity contribution in [2.45, 2.75) is 19.4 Å². The van der Waals surface area contributed by atoms with Crippen LogP contribution in [0.4, 0.5) is 10.5 Å². The summed E-state index contributed by atoms with van der Waals surface area (Å²) in [5.74, 6) is 0.792. The monoisotopic (exact) mass is 309 g/mol. The average Bonchev–Trinajstić information content (AvgIpc) is 2.84. The van der Waals surface area contributed by atoms with E-state index in [4.69, 9.17) is 27.4 Å². The number of nitrogens with two attached hydrogens (primary N) is 1. The van der Waals surface area contributed by atoms with Crippen molar-refractivity contribution in [1.29, 1.82) is 0 Å². The molecule has 0 spiro atoms. The van der Waals surface area contributed by atoms with Gasteiger partial charge >= 0.3 is 6.09 Å². The predicted molar refractivity (Wildman–Crippen MR) is 84.6 cm³/mol. The van der Waals surface area contributed by atoms with Gasteiger partial charge in [0, 0.05) is 5.69 Å². The third-order valence-corrected chi connectivity index (χ3v) is 3.14. The number of nitrogens with zero attached hydrogens (tertiary/aromatic N) is 1. The normalized spacial score (nSPS) is 17.5. The Balaban J connectivity index is 1.95. The zero-order valence-electron chi connectivity index (χ0n) is 11.9. The second kappa shape index (κ2) is 7.12. The highest BCUT2D eigenvalue weighted by atomic mass is 32.1. The van der Waals surface area contributed by atoms with Crippen LogP contribution in [-0.2, 0) is 4.74 Å². The molecule has 1 heterocycles. The third-order valence-electron chi connectivity index (χ3n) is 3.00. The topological polar surface area (TPSA) is 76.8 Å². The SMILES string of the molecule is CCCOc1ccc(N2C[C@H](CNC(N)=S)OC2=O)cc1. The van der Waals surface area contributed by atoms with Crippen LogP contribution in [-0.4, -0.2) is 37.0 Å². The molecule has 0 unspecified atom stereocenters. The first-order valence-electron chi connectivity index (χ1n) is 6.84. The molecule has 1 amide bonds. The summed E-state index contributed by atoms with van der Waals surface area (Å²) in [6.45, 7) is 3.60. The molecule has 1 aromatic rings. The van der Waals surface area contributed by atoms with Gasteiger partial charge in [0.15, 0.2) is 5.11 Å². The molecule has 1 fully saturated rings. The van der Waals surface area contributed by atoms with Crippen LogP contribution >= 0.6 is 12.2 Å². The average molecular weight is 309 g/mol. The summed E-state index contributed by atoms with van der Waals surface area (Å²) in [5, 5.41) is 2.99. The van der Waals surface area contributed by atoms with Gasteiger partial charge in [0.05, 0.1) is 19.7 Å². The van der Waals surface area contributed by atoms with Crippen LogP contribution in [0.2, 0.25) is 0 Å². The molecule has 114 valence electrons. The van der Waals surface area contributed by atoms with Crippen molar-refractivity contribution in [2.75, 3.05) is 24.6 Å². The number of hydrogen-bond donors (Lipinski definition) is 2. The minimum atomic E-state index is -0.369. The quantitative estimate of drug-likeness (QED) is 0.778. The van der Waals surface area contributed by atoms with Crippen molar-refractivity contribution >= 4 is 29.1 Å². The summed E-state index contributed by atoms with van der Waals surface area (Å²) >= 11 is 4.73. The fourth-order valence-electron chi connectivity index (χ4n) is 2.00. The third kappa shape index (κ3) is 4.22. The van der Waals surface area contributed by atoms with Crippen LogP contribution in [0.3, 0.4) is 0 Å². The van der Waals surface area contributed by atoms with Gasteiger partial charge in [-0.2, -0.15) is 0 Å². The van der Waals surface area contributed by atoms with Gasteiger partial charge in [-0.05, 0) is 42.9 Å². The lowest BCUT2D eigenvalue weighted by molar-refractivity contribution is 0.143. The summed E-state index contributed by atoms with van der Waals surface area (Å²) in [7, 11) is 0. The Kier molecular flexibility index (Phi) is 5.21. The van der Waals surface area contributed by atoms with Crippen molar-refractivity contribution in [3.63, 3.8) is 0 Å². The maximum atomic E-state index is 11.9. The molecule has 0 radical (unpaired) electrons. The first-order chi connectivity index (χ1) is 10.1. The number of benzene rings is 1. The van der Waals surface area contributed by atoms with Gasteiger partial charge in [0.25, 0.3) is 0 Å². The fraction of sp³-hybridized carbons (Fsp3) is 0.429. The second-order valence-corrected chi connectivity index (χ2v) is 5.14. The molecular formula is C14H19N3O3S. The Morgan fingerprint density at radius 3 is 2.86 bits per heavy atom. The van der Waals surface area contributed by atoms with Crippen LogP contribution in [0.1, 0.15) is 13.3 Å². The Morgan fingerprint density at radius 1 is 1.52 bits per heavy atom. The summed E-state index contributed by atoms with van der Waals surface area (Å²) in [6.07, 6.45) is 0.319. The number of hydrogen-bond acceptors (Lipinski definition) is 4. The summed E-state index contributed by atoms with van der Waals surface area (Å²) < 4.78 is 10.8. The van der Waals surface area contributed by atoms with E-state index in [1.807, 2.05) is 24.3 Å². The van der Waals surface area contributed by atoms with Crippen molar-refractivity contribution in [3.05, 3.63) is 24.3 Å². The van der Waals surface area contributed by atoms with Crippen LogP contribution < -0.4 is 20.7 Å². The Hall–Kier alpha value is -2.02. The lowest BCUT2D eigenvalue weighted by atomic mass is 10.2. The van der Waals surface area contributed by atoms with E-state index in [0.29, 0.717) is 19.7 Å². The van der Waals surface area contributed by atoms with Crippen molar-refractivity contribution in [2.24, 2.45) is 5.73 Å². The second-order valence-electron chi connectivity index (χ2n) is 4.70. The predicted octanol–water partition coefficient (Wildman–Crippen LogP) is 1.63. The molecule has 0 saturated carbocycles. The van der Waals surface area contributed by atoms with Crippen LogP contribution in [0.25, 0.3) is 0 Å². The van der Waals surface area contributed by atoms with Gasteiger partial charge in [-0.3, -0.25) is 4.90 Å². The molecule has 1 aliphatic rings. The van der Waals surface area contributed by atoms with Crippen LogP contribution in [0, 0.1) is 0 Å². The standard InChI is InChI=1S/C14H19N3O3S/c1-2-7-19-11-5-3-10(4-6-11)17-9-12(20-14(17)18)8-16-13(15)21/h3-6,12H,2,7-9H2,1H3,(H3,15,16,21)/t12-/m0/s1. The molecule has 6 nitrogen and oxygen atoms in total. The van der Waals surface area contributed by atoms with Crippen molar-refractivity contribution in [3.8, 4) is 5.75 Å². The molecular weight excluding hydrogens is 290 g/mol. The molecule has 1 aromatic carbocycles. The lowest BCUT2D eigenvalue weighted by Crippen LogP contribution is -2.37. The maximum Gasteiger partial charge on any atom is 0.414 e. The van der Waals surface area contributed by atoms with Gasteiger partial charge in [-0.25, -0.2) is 4.79 Å². The van der Waals surface area contributed by atoms with E-state index in [1.54, 1.807) is 4.90 Å². The summed E-state index contributed by atoms with van der Waals surface area (Å²) in [4.78, 5) is 13.4. The first kappa shape index (κ1) is 15.4. The highest BCUT2D eigenvalue weighted by Crippen LogP contribution is 2.24. The number of rotatable bonds is 6. The van der Waals surface area contributed by atoms with Crippen LogP contribution in [0.15, 0.2) is 24.3 Å². The van der Waals surface area contributed by atoms with Crippen molar-refractivity contribution < 1.29 is 14.3 Å². The molecule has 3 N–H and O–H groups in total. The molecule has 0 aromatic heterocycles.